The minimum absolute atomic E-state index is 0.0733. The second-order valence-corrected chi connectivity index (χ2v) is 8.19. The van der Waals surface area contributed by atoms with E-state index in [-0.39, 0.29) is 17.7 Å². The van der Waals surface area contributed by atoms with E-state index in [4.69, 9.17) is 0 Å². The maximum Gasteiger partial charge on any atom is 0.305 e. The van der Waals surface area contributed by atoms with Crippen LogP contribution in [0.3, 0.4) is 0 Å². The maximum atomic E-state index is 12.6. The van der Waals surface area contributed by atoms with E-state index in [9.17, 15) is 19.8 Å². The summed E-state index contributed by atoms with van der Waals surface area (Å²) in [4.78, 5) is 23.6. The van der Waals surface area contributed by atoms with E-state index in [0.29, 0.717) is 19.3 Å². The average molecular weight is 383 g/mol. The quantitative estimate of drug-likeness (QED) is 0.286. The van der Waals surface area contributed by atoms with Crippen molar-refractivity contribution < 1.29 is 24.5 Å². The number of hydrogen-bond donors (Lipinski definition) is 2. The molecule has 0 heterocycles. The zero-order valence-corrected chi connectivity index (χ0v) is 17.3. The van der Waals surface area contributed by atoms with Gasteiger partial charge in [0.05, 0.1) is 24.7 Å². The SMILES string of the molecule is CCCC[C@@](C)(O)CC=C[C@H]1C(=O)[C@H](CCCCCCC(=O)OC)C[C@H]1O. The molecule has 5 heteroatoms. The second-order valence-electron chi connectivity index (χ2n) is 8.19. The summed E-state index contributed by atoms with van der Waals surface area (Å²) in [6, 6.07) is 0. The first kappa shape index (κ1) is 23.8. The van der Waals surface area contributed by atoms with Crippen molar-refractivity contribution in [3.63, 3.8) is 0 Å². The van der Waals surface area contributed by atoms with Gasteiger partial charge in [-0.2, -0.15) is 0 Å². The molecule has 0 aromatic heterocycles. The van der Waals surface area contributed by atoms with Gasteiger partial charge < -0.3 is 14.9 Å². The number of Topliss-reactive ketones (excluding diaryl/α,β-unsaturated/α-hetero) is 1. The number of rotatable bonds is 13. The third-order valence-corrected chi connectivity index (χ3v) is 5.55. The van der Waals surface area contributed by atoms with Gasteiger partial charge in [-0.15, -0.1) is 0 Å². The monoisotopic (exact) mass is 382 g/mol. The number of carbonyl (C=O) groups excluding carboxylic acids is 2. The van der Waals surface area contributed by atoms with Gasteiger partial charge in [-0.25, -0.2) is 0 Å². The molecule has 1 aliphatic rings. The van der Waals surface area contributed by atoms with Crippen molar-refractivity contribution in [3.05, 3.63) is 12.2 Å². The lowest BCUT2D eigenvalue weighted by Crippen LogP contribution is -2.23. The Kier molecular flexibility index (Phi) is 10.9. The number of esters is 1. The Bertz CT molecular complexity index is 483. The number of methoxy groups -OCH3 is 1. The number of carbonyl (C=O) groups is 2. The molecule has 1 aliphatic carbocycles. The smallest absolute Gasteiger partial charge is 0.305 e. The Morgan fingerprint density at radius 1 is 1.26 bits per heavy atom. The first-order valence-corrected chi connectivity index (χ1v) is 10.5. The highest BCUT2D eigenvalue weighted by molar-refractivity contribution is 5.87. The molecule has 0 bridgehead atoms. The molecule has 0 aromatic rings. The topological polar surface area (TPSA) is 83.8 Å². The Morgan fingerprint density at radius 3 is 2.63 bits per heavy atom. The fourth-order valence-corrected chi connectivity index (χ4v) is 3.74. The van der Waals surface area contributed by atoms with Gasteiger partial charge in [-0.05, 0) is 39.0 Å². The Hall–Kier alpha value is -1.20. The molecule has 0 amide bonds. The van der Waals surface area contributed by atoms with E-state index in [1.807, 2.05) is 13.0 Å². The molecule has 5 nitrogen and oxygen atoms in total. The number of hydrogen-bond acceptors (Lipinski definition) is 5. The van der Waals surface area contributed by atoms with Gasteiger partial charge in [0.15, 0.2) is 0 Å². The van der Waals surface area contributed by atoms with Crippen LogP contribution in [-0.2, 0) is 14.3 Å². The lowest BCUT2D eigenvalue weighted by atomic mass is 9.93. The number of unbranched alkanes of at least 4 members (excludes halogenated alkanes) is 4. The van der Waals surface area contributed by atoms with E-state index in [1.54, 1.807) is 6.08 Å². The molecule has 1 rings (SSSR count). The van der Waals surface area contributed by atoms with E-state index >= 15 is 0 Å². The molecule has 0 unspecified atom stereocenters. The van der Waals surface area contributed by atoms with Gasteiger partial charge in [-0.3, -0.25) is 9.59 Å². The summed E-state index contributed by atoms with van der Waals surface area (Å²) in [6.07, 6.45) is 11.8. The van der Waals surface area contributed by atoms with Crippen molar-refractivity contribution in [2.45, 2.75) is 96.2 Å². The standard InChI is InChI=1S/C22H38O5/c1-4-5-14-22(2,26)15-10-12-18-19(23)16-17(21(18)25)11-8-6-7-9-13-20(24)27-3/h10,12,17-19,23,26H,4-9,11,13-16H2,1-3H3/t17-,18-,19-,22-/m1/s1. The normalized spacial score (nSPS) is 25.1. The van der Waals surface area contributed by atoms with Gasteiger partial charge in [0, 0.05) is 12.3 Å². The Morgan fingerprint density at radius 2 is 1.96 bits per heavy atom. The molecule has 0 radical (unpaired) electrons. The van der Waals surface area contributed by atoms with Crippen LogP contribution in [0.2, 0.25) is 0 Å². The van der Waals surface area contributed by atoms with E-state index < -0.39 is 17.6 Å². The molecule has 156 valence electrons. The summed E-state index contributed by atoms with van der Waals surface area (Å²) in [7, 11) is 1.40. The van der Waals surface area contributed by atoms with Crippen molar-refractivity contribution in [2.75, 3.05) is 7.11 Å². The molecular weight excluding hydrogens is 344 g/mol. The molecule has 27 heavy (non-hydrogen) atoms. The van der Waals surface area contributed by atoms with E-state index in [2.05, 4.69) is 11.7 Å². The van der Waals surface area contributed by atoms with Crippen molar-refractivity contribution >= 4 is 11.8 Å². The Balaban J connectivity index is 2.32. The van der Waals surface area contributed by atoms with Gasteiger partial charge in [0.2, 0.25) is 0 Å². The van der Waals surface area contributed by atoms with Crippen LogP contribution in [0.25, 0.3) is 0 Å². The highest BCUT2D eigenvalue weighted by Crippen LogP contribution is 2.33. The van der Waals surface area contributed by atoms with Crippen LogP contribution < -0.4 is 0 Å². The molecular formula is C22H38O5. The fraction of sp³-hybridized carbons (Fsp3) is 0.818. The highest BCUT2D eigenvalue weighted by atomic mass is 16.5. The van der Waals surface area contributed by atoms with Crippen molar-refractivity contribution in [1.82, 2.24) is 0 Å². The van der Waals surface area contributed by atoms with Crippen molar-refractivity contribution in [3.8, 4) is 0 Å². The lowest BCUT2D eigenvalue weighted by molar-refractivity contribution is -0.140. The summed E-state index contributed by atoms with van der Waals surface area (Å²) < 4.78 is 4.61. The van der Waals surface area contributed by atoms with Crippen LogP contribution in [0.15, 0.2) is 12.2 Å². The van der Waals surface area contributed by atoms with Crippen LogP contribution in [0, 0.1) is 11.8 Å². The minimum Gasteiger partial charge on any atom is -0.469 e. The third kappa shape index (κ3) is 9.02. The first-order chi connectivity index (χ1) is 12.8. The van der Waals surface area contributed by atoms with Crippen LogP contribution in [0.1, 0.15) is 84.5 Å². The molecule has 2 N–H and O–H groups in total. The number of aliphatic hydroxyl groups excluding tert-OH is 1. The van der Waals surface area contributed by atoms with Crippen LogP contribution >= 0.6 is 0 Å². The predicted molar refractivity (Wildman–Crippen MR) is 106 cm³/mol. The molecule has 1 fully saturated rings. The molecule has 4 atom stereocenters. The average Bonchev–Trinajstić information content (AvgIpc) is 2.90. The van der Waals surface area contributed by atoms with Crippen LogP contribution in [0.4, 0.5) is 0 Å². The summed E-state index contributed by atoms with van der Waals surface area (Å²) in [5.74, 6) is -0.555. The van der Waals surface area contributed by atoms with Crippen molar-refractivity contribution in [1.29, 1.82) is 0 Å². The maximum absolute atomic E-state index is 12.6. The van der Waals surface area contributed by atoms with Gasteiger partial charge >= 0.3 is 5.97 Å². The highest BCUT2D eigenvalue weighted by Gasteiger charge is 2.39. The lowest BCUT2D eigenvalue weighted by Gasteiger charge is -2.21. The minimum atomic E-state index is -0.747. The van der Waals surface area contributed by atoms with Crippen molar-refractivity contribution in [2.24, 2.45) is 11.8 Å². The predicted octanol–water partition coefficient (Wildman–Crippen LogP) is 3.95. The summed E-state index contributed by atoms with van der Waals surface area (Å²) in [6.45, 7) is 3.92. The van der Waals surface area contributed by atoms with E-state index in [1.165, 1.54) is 7.11 Å². The second kappa shape index (κ2) is 12.3. The molecule has 0 saturated heterocycles. The summed E-state index contributed by atoms with van der Waals surface area (Å²) in [5, 5.41) is 20.6. The Labute approximate surface area is 164 Å². The van der Waals surface area contributed by atoms with Gasteiger partial charge in [0.25, 0.3) is 0 Å². The third-order valence-electron chi connectivity index (χ3n) is 5.55. The van der Waals surface area contributed by atoms with Gasteiger partial charge in [0.1, 0.15) is 5.78 Å². The van der Waals surface area contributed by atoms with E-state index in [0.717, 1.165) is 51.4 Å². The largest absolute Gasteiger partial charge is 0.469 e. The molecule has 0 aromatic carbocycles. The number of ketones is 1. The summed E-state index contributed by atoms with van der Waals surface area (Å²) in [5.41, 5.74) is -0.747. The van der Waals surface area contributed by atoms with Gasteiger partial charge in [-0.1, -0.05) is 51.2 Å². The summed E-state index contributed by atoms with van der Waals surface area (Å²) >= 11 is 0. The number of aliphatic hydroxyl groups is 2. The van der Waals surface area contributed by atoms with Crippen LogP contribution in [-0.4, -0.2) is 40.8 Å². The fourth-order valence-electron chi connectivity index (χ4n) is 3.74. The first-order valence-electron chi connectivity index (χ1n) is 10.5. The molecule has 0 aliphatic heterocycles. The number of ether oxygens (including phenoxy) is 1. The molecule has 0 spiro atoms. The van der Waals surface area contributed by atoms with Crippen LogP contribution in [0.5, 0.6) is 0 Å². The zero-order chi connectivity index (χ0) is 20.3. The zero-order valence-electron chi connectivity index (χ0n) is 17.3. The molecule has 1 saturated carbocycles.